The summed E-state index contributed by atoms with van der Waals surface area (Å²) in [5.41, 5.74) is 0.173. The second-order valence-electron chi connectivity index (χ2n) is 6.45. The summed E-state index contributed by atoms with van der Waals surface area (Å²) in [5.74, 6) is 0.785. The number of nitrogens with one attached hydrogen (secondary N) is 1. The van der Waals surface area contributed by atoms with E-state index in [9.17, 15) is 4.79 Å². The van der Waals surface area contributed by atoms with Crippen molar-refractivity contribution in [2.24, 2.45) is 0 Å². The van der Waals surface area contributed by atoms with E-state index in [4.69, 9.17) is 14.2 Å². The van der Waals surface area contributed by atoms with Gasteiger partial charge in [-0.3, -0.25) is 10.2 Å². The van der Waals surface area contributed by atoms with E-state index in [1.165, 1.54) is 0 Å². The van der Waals surface area contributed by atoms with Gasteiger partial charge in [0, 0.05) is 25.3 Å². The third kappa shape index (κ3) is 6.88. The third-order valence-electron chi connectivity index (χ3n) is 3.28. The van der Waals surface area contributed by atoms with Gasteiger partial charge in [-0.15, -0.1) is 0 Å². The SMILES string of the molecule is CC(C)(C)OC(=O)Nc1ccc(OCCN2CCOCC2)cc1. The molecule has 0 spiro atoms. The Kier molecular flexibility index (Phi) is 6.24. The van der Waals surface area contributed by atoms with Crippen LogP contribution in [0.1, 0.15) is 20.8 Å². The van der Waals surface area contributed by atoms with Gasteiger partial charge < -0.3 is 14.2 Å². The van der Waals surface area contributed by atoms with Crippen LogP contribution >= 0.6 is 0 Å². The summed E-state index contributed by atoms with van der Waals surface area (Å²) in [6.07, 6.45) is -0.460. The first-order chi connectivity index (χ1) is 10.9. The van der Waals surface area contributed by atoms with Crippen molar-refractivity contribution >= 4 is 11.8 Å². The average molecular weight is 322 g/mol. The molecule has 1 amide bonds. The molecule has 1 N–H and O–H groups in total. The molecule has 1 aromatic rings. The molecule has 128 valence electrons. The number of hydrogen-bond donors (Lipinski definition) is 1. The van der Waals surface area contributed by atoms with Gasteiger partial charge >= 0.3 is 6.09 Å². The minimum atomic E-state index is -0.507. The molecule has 1 saturated heterocycles. The maximum atomic E-state index is 11.7. The molecule has 0 bridgehead atoms. The standard InChI is InChI=1S/C17H26N2O4/c1-17(2,3)23-16(20)18-14-4-6-15(7-5-14)22-13-10-19-8-11-21-12-9-19/h4-7H,8-13H2,1-3H3,(H,18,20). The molecule has 0 saturated carbocycles. The fraction of sp³-hybridized carbons (Fsp3) is 0.588. The number of benzene rings is 1. The Morgan fingerprint density at radius 3 is 2.48 bits per heavy atom. The molecule has 1 aliphatic heterocycles. The Balaban J connectivity index is 1.72. The monoisotopic (exact) mass is 322 g/mol. The lowest BCUT2D eigenvalue weighted by molar-refractivity contribution is 0.0322. The number of anilines is 1. The predicted molar refractivity (Wildman–Crippen MR) is 89.1 cm³/mol. The van der Waals surface area contributed by atoms with Crippen LogP contribution in [0.25, 0.3) is 0 Å². The lowest BCUT2D eigenvalue weighted by Gasteiger charge is -2.26. The van der Waals surface area contributed by atoms with Gasteiger partial charge in [-0.1, -0.05) is 0 Å². The largest absolute Gasteiger partial charge is 0.492 e. The van der Waals surface area contributed by atoms with Gasteiger partial charge in [0.25, 0.3) is 0 Å². The van der Waals surface area contributed by atoms with Crippen molar-refractivity contribution in [1.29, 1.82) is 0 Å². The zero-order chi connectivity index (χ0) is 16.7. The lowest BCUT2D eigenvalue weighted by atomic mass is 10.2. The molecule has 1 aromatic carbocycles. The zero-order valence-corrected chi connectivity index (χ0v) is 14.1. The van der Waals surface area contributed by atoms with Crippen molar-refractivity contribution in [2.75, 3.05) is 44.8 Å². The van der Waals surface area contributed by atoms with Gasteiger partial charge in [0.05, 0.1) is 13.2 Å². The molecule has 6 nitrogen and oxygen atoms in total. The highest BCUT2D eigenvalue weighted by atomic mass is 16.6. The average Bonchev–Trinajstić information content (AvgIpc) is 2.48. The summed E-state index contributed by atoms with van der Waals surface area (Å²) in [6.45, 7) is 10.5. The number of rotatable bonds is 5. The number of nitrogens with zero attached hydrogens (tertiary/aromatic N) is 1. The van der Waals surface area contributed by atoms with E-state index in [2.05, 4.69) is 10.2 Å². The topological polar surface area (TPSA) is 60.0 Å². The summed E-state index contributed by atoms with van der Waals surface area (Å²) in [6, 6.07) is 7.28. The van der Waals surface area contributed by atoms with E-state index in [0.29, 0.717) is 12.3 Å². The molecule has 23 heavy (non-hydrogen) atoms. The van der Waals surface area contributed by atoms with Crippen molar-refractivity contribution in [1.82, 2.24) is 4.90 Å². The van der Waals surface area contributed by atoms with E-state index in [1.54, 1.807) is 12.1 Å². The minimum absolute atomic E-state index is 0.460. The highest BCUT2D eigenvalue weighted by Gasteiger charge is 2.16. The zero-order valence-electron chi connectivity index (χ0n) is 14.1. The number of morpholine rings is 1. The predicted octanol–water partition coefficient (Wildman–Crippen LogP) is 2.74. The number of carbonyl (C=O) groups excluding carboxylic acids is 1. The molecule has 0 aromatic heterocycles. The van der Waals surface area contributed by atoms with Crippen molar-refractivity contribution in [2.45, 2.75) is 26.4 Å². The van der Waals surface area contributed by atoms with Gasteiger partial charge in [0.1, 0.15) is 18.0 Å². The van der Waals surface area contributed by atoms with Gasteiger partial charge in [0.2, 0.25) is 0 Å². The summed E-state index contributed by atoms with van der Waals surface area (Å²) >= 11 is 0. The van der Waals surface area contributed by atoms with Crippen LogP contribution in [0.5, 0.6) is 5.75 Å². The second kappa shape index (κ2) is 8.17. The molecule has 0 unspecified atom stereocenters. The third-order valence-corrected chi connectivity index (χ3v) is 3.28. The van der Waals surface area contributed by atoms with Crippen LogP contribution < -0.4 is 10.1 Å². The molecule has 1 fully saturated rings. The fourth-order valence-electron chi connectivity index (χ4n) is 2.17. The first kappa shape index (κ1) is 17.6. The van der Waals surface area contributed by atoms with Gasteiger partial charge in [-0.25, -0.2) is 4.79 Å². The van der Waals surface area contributed by atoms with E-state index >= 15 is 0 Å². The van der Waals surface area contributed by atoms with Crippen molar-refractivity contribution in [3.05, 3.63) is 24.3 Å². The number of amides is 1. The van der Waals surface area contributed by atoms with Crippen LogP contribution in [0, 0.1) is 0 Å². The van der Waals surface area contributed by atoms with Crippen molar-refractivity contribution in [3.63, 3.8) is 0 Å². The van der Waals surface area contributed by atoms with E-state index in [0.717, 1.165) is 38.6 Å². The second-order valence-corrected chi connectivity index (χ2v) is 6.45. The lowest BCUT2D eigenvalue weighted by Crippen LogP contribution is -2.38. The molecular weight excluding hydrogens is 296 g/mol. The molecule has 0 radical (unpaired) electrons. The van der Waals surface area contributed by atoms with Crippen LogP contribution in [0.15, 0.2) is 24.3 Å². The number of ether oxygens (including phenoxy) is 3. The Bertz CT molecular complexity index is 490. The summed E-state index contributed by atoms with van der Waals surface area (Å²) < 4.78 is 16.2. The summed E-state index contributed by atoms with van der Waals surface area (Å²) in [4.78, 5) is 14.0. The van der Waals surface area contributed by atoms with Gasteiger partial charge in [0.15, 0.2) is 0 Å². The molecule has 1 heterocycles. The first-order valence-electron chi connectivity index (χ1n) is 7.95. The fourth-order valence-corrected chi connectivity index (χ4v) is 2.17. The van der Waals surface area contributed by atoms with Crippen LogP contribution in [0.4, 0.5) is 10.5 Å². The summed E-state index contributed by atoms with van der Waals surface area (Å²) in [7, 11) is 0. The van der Waals surface area contributed by atoms with Crippen LogP contribution in [0.3, 0.4) is 0 Å². The molecule has 0 aliphatic carbocycles. The van der Waals surface area contributed by atoms with Crippen LogP contribution in [0.2, 0.25) is 0 Å². The van der Waals surface area contributed by atoms with E-state index in [1.807, 2.05) is 32.9 Å². The van der Waals surface area contributed by atoms with Gasteiger partial charge in [-0.05, 0) is 45.0 Å². The molecule has 0 atom stereocenters. The van der Waals surface area contributed by atoms with Crippen LogP contribution in [-0.4, -0.2) is 56.0 Å². The van der Waals surface area contributed by atoms with Crippen molar-refractivity contribution < 1.29 is 19.0 Å². The Labute approximate surface area is 137 Å². The maximum absolute atomic E-state index is 11.7. The Morgan fingerprint density at radius 1 is 1.22 bits per heavy atom. The number of hydrogen-bond acceptors (Lipinski definition) is 5. The minimum Gasteiger partial charge on any atom is -0.492 e. The maximum Gasteiger partial charge on any atom is 0.412 e. The summed E-state index contributed by atoms with van der Waals surface area (Å²) in [5, 5.41) is 2.69. The van der Waals surface area contributed by atoms with E-state index in [-0.39, 0.29) is 0 Å². The molecule has 2 rings (SSSR count). The smallest absolute Gasteiger partial charge is 0.412 e. The molecule has 1 aliphatic rings. The molecule has 6 heteroatoms. The first-order valence-corrected chi connectivity index (χ1v) is 7.95. The highest BCUT2D eigenvalue weighted by molar-refractivity contribution is 5.84. The van der Waals surface area contributed by atoms with Gasteiger partial charge in [-0.2, -0.15) is 0 Å². The number of carbonyl (C=O) groups is 1. The Hall–Kier alpha value is -1.79. The quantitative estimate of drug-likeness (QED) is 0.903. The Morgan fingerprint density at radius 2 is 1.87 bits per heavy atom. The van der Waals surface area contributed by atoms with E-state index < -0.39 is 11.7 Å². The normalized spacial score (nSPS) is 16.0. The highest BCUT2D eigenvalue weighted by Crippen LogP contribution is 2.17. The molecular formula is C17H26N2O4. The van der Waals surface area contributed by atoms with Crippen molar-refractivity contribution in [3.8, 4) is 5.75 Å². The van der Waals surface area contributed by atoms with Crippen LogP contribution in [-0.2, 0) is 9.47 Å².